The number of methoxy groups -OCH3 is 2. The van der Waals surface area contributed by atoms with Crippen molar-refractivity contribution in [2.75, 3.05) is 38.1 Å². The summed E-state index contributed by atoms with van der Waals surface area (Å²) < 4.78 is 56.1. The highest BCUT2D eigenvalue weighted by Gasteiger charge is 2.31. The zero-order chi connectivity index (χ0) is 38.8. The van der Waals surface area contributed by atoms with E-state index in [2.05, 4.69) is 31.1 Å². The molecule has 6 rings (SSSR count). The number of fused-ring (bicyclic) bond motifs is 1. The van der Waals surface area contributed by atoms with Crippen LogP contribution in [0, 0.1) is 0 Å². The van der Waals surface area contributed by atoms with Gasteiger partial charge < -0.3 is 30.2 Å². The third-order valence-corrected chi connectivity index (χ3v) is 9.24. The Balaban J connectivity index is 1.19. The average molecular weight is 758 g/mol. The number of hydrogen-bond donors (Lipinski definition) is 4. The molecule has 0 atom stereocenters. The van der Waals surface area contributed by atoms with Gasteiger partial charge in [0, 0.05) is 53.3 Å². The summed E-state index contributed by atoms with van der Waals surface area (Å²) in [5.74, 6) is 0.905. The molecule has 4 N–H and O–H groups in total. The molecule has 0 radical (unpaired) electrons. The van der Waals surface area contributed by atoms with Crippen molar-refractivity contribution < 1.29 is 37.0 Å². The Hall–Kier alpha value is -5.96. The lowest BCUT2D eigenvalue weighted by molar-refractivity contribution is -0.137. The van der Waals surface area contributed by atoms with E-state index in [9.17, 15) is 22.8 Å². The van der Waals surface area contributed by atoms with Crippen LogP contribution in [0.2, 0.25) is 0 Å². The number of alkyl halides is 3. The SMILES string of the molecule is COc1ccc(CNc2ncc(/C=C/CCOCC(=O)NC3CCCCC3)c3n[nH]c(-c4ccc(C(=O)Nc5cc(C(F)(F)F)ccn5)cc4)c23)c(OC)c1. The Bertz CT molecular complexity index is 2130. The Morgan fingerprint density at radius 3 is 2.53 bits per heavy atom. The topological polar surface area (TPSA) is 152 Å². The zero-order valence-electron chi connectivity index (χ0n) is 30.5. The van der Waals surface area contributed by atoms with Crippen LogP contribution in [0.25, 0.3) is 28.2 Å². The van der Waals surface area contributed by atoms with E-state index in [0.29, 0.717) is 59.0 Å². The lowest BCUT2D eigenvalue weighted by atomic mass is 9.95. The first-order valence-electron chi connectivity index (χ1n) is 17.9. The lowest BCUT2D eigenvalue weighted by Crippen LogP contribution is -2.38. The molecule has 3 aromatic heterocycles. The van der Waals surface area contributed by atoms with Crippen LogP contribution in [0.15, 0.2) is 73.1 Å². The molecule has 5 aromatic rings. The molecule has 3 heterocycles. The van der Waals surface area contributed by atoms with Gasteiger partial charge in [-0.2, -0.15) is 18.3 Å². The van der Waals surface area contributed by atoms with Gasteiger partial charge in [-0.1, -0.05) is 43.5 Å². The number of nitrogens with zero attached hydrogens (tertiary/aromatic N) is 3. The van der Waals surface area contributed by atoms with E-state index in [-0.39, 0.29) is 29.9 Å². The molecule has 15 heteroatoms. The van der Waals surface area contributed by atoms with E-state index in [1.807, 2.05) is 24.3 Å². The maximum atomic E-state index is 13.2. The largest absolute Gasteiger partial charge is 0.497 e. The summed E-state index contributed by atoms with van der Waals surface area (Å²) in [6.45, 7) is 0.744. The van der Waals surface area contributed by atoms with E-state index in [1.165, 1.54) is 6.42 Å². The molecule has 2 aromatic carbocycles. The number of amides is 2. The van der Waals surface area contributed by atoms with E-state index in [0.717, 1.165) is 55.1 Å². The third-order valence-electron chi connectivity index (χ3n) is 9.24. The first kappa shape index (κ1) is 38.8. The third kappa shape index (κ3) is 9.97. The van der Waals surface area contributed by atoms with Gasteiger partial charge in [0.05, 0.1) is 37.5 Å². The van der Waals surface area contributed by atoms with Crippen LogP contribution in [0.5, 0.6) is 11.5 Å². The zero-order valence-corrected chi connectivity index (χ0v) is 30.5. The van der Waals surface area contributed by atoms with Gasteiger partial charge in [-0.3, -0.25) is 14.7 Å². The molecule has 55 heavy (non-hydrogen) atoms. The highest BCUT2D eigenvalue weighted by molar-refractivity contribution is 6.06. The minimum absolute atomic E-state index is 0.0147. The number of halogens is 3. The van der Waals surface area contributed by atoms with Crippen molar-refractivity contribution in [2.45, 2.75) is 57.3 Å². The summed E-state index contributed by atoms with van der Waals surface area (Å²) in [5.41, 5.74) is 2.85. The van der Waals surface area contributed by atoms with Gasteiger partial charge in [-0.05, 0) is 55.7 Å². The summed E-state index contributed by atoms with van der Waals surface area (Å²) in [7, 11) is 3.17. The van der Waals surface area contributed by atoms with Crippen molar-refractivity contribution >= 4 is 40.4 Å². The average Bonchev–Trinajstić information content (AvgIpc) is 3.65. The standard InChI is InChI=1S/C40H42F3N7O5/c1-53-31-16-15-27(32(21-31)54-2)22-45-38-35-36(25-11-13-26(14-12-25)39(52)48-33-20-29(17-18-44-33)40(41,42)43)49-50-37(35)28(23-46-38)8-6-7-19-55-24-34(51)47-30-9-4-3-5-10-30/h6,8,11-18,20-21,23,30H,3-5,7,9-10,19,22,24H2,1-2H3,(H,45,46)(H,47,51)(H,49,50)(H,44,48,52)/b8-6+. The number of pyridine rings is 2. The Morgan fingerprint density at radius 2 is 1.78 bits per heavy atom. The molecule has 1 aliphatic rings. The molecule has 1 aliphatic carbocycles. The number of ether oxygens (including phenoxy) is 3. The van der Waals surface area contributed by atoms with Crippen LogP contribution in [0.3, 0.4) is 0 Å². The number of nitrogens with one attached hydrogen (secondary N) is 4. The number of aromatic amines is 1. The molecule has 0 saturated heterocycles. The molecular formula is C40H42F3N7O5. The maximum Gasteiger partial charge on any atom is 0.416 e. The Morgan fingerprint density at radius 1 is 0.982 bits per heavy atom. The second-order valence-corrected chi connectivity index (χ2v) is 13.0. The second-order valence-electron chi connectivity index (χ2n) is 13.0. The summed E-state index contributed by atoms with van der Waals surface area (Å²) in [6, 6.07) is 13.9. The smallest absolute Gasteiger partial charge is 0.416 e. The summed E-state index contributed by atoms with van der Waals surface area (Å²) in [4.78, 5) is 33.8. The number of rotatable bonds is 15. The van der Waals surface area contributed by atoms with Crippen molar-refractivity contribution in [3.8, 4) is 22.8 Å². The highest BCUT2D eigenvalue weighted by atomic mass is 19.4. The molecule has 1 fully saturated rings. The van der Waals surface area contributed by atoms with Crippen LogP contribution in [-0.4, -0.2) is 65.5 Å². The van der Waals surface area contributed by atoms with Crippen molar-refractivity contribution in [1.29, 1.82) is 0 Å². The normalized spacial score (nSPS) is 13.5. The lowest BCUT2D eigenvalue weighted by Gasteiger charge is -2.22. The van der Waals surface area contributed by atoms with Gasteiger partial charge in [-0.25, -0.2) is 9.97 Å². The minimum Gasteiger partial charge on any atom is -0.497 e. The van der Waals surface area contributed by atoms with Gasteiger partial charge in [0.1, 0.15) is 35.3 Å². The molecule has 1 saturated carbocycles. The van der Waals surface area contributed by atoms with E-state index in [1.54, 1.807) is 50.7 Å². The predicted octanol–water partition coefficient (Wildman–Crippen LogP) is 7.79. The number of carbonyl (C=O) groups excluding carboxylic acids is 2. The van der Waals surface area contributed by atoms with Gasteiger partial charge >= 0.3 is 6.18 Å². The number of H-pyrrole nitrogens is 1. The van der Waals surface area contributed by atoms with E-state index in [4.69, 9.17) is 19.2 Å². The summed E-state index contributed by atoms with van der Waals surface area (Å²) >= 11 is 0. The van der Waals surface area contributed by atoms with E-state index < -0.39 is 17.6 Å². The van der Waals surface area contributed by atoms with Crippen LogP contribution in [0.4, 0.5) is 24.8 Å². The number of benzene rings is 2. The number of aromatic nitrogens is 4. The van der Waals surface area contributed by atoms with Crippen LogP contribution in [0.1, 0.15) is 65.6 Å². The fraction of sp³-hybridized carbons (Fsp3) is 0.325. The predicted molar refractivity (Wildman–Crippen MR) is 203 cm³/mol. The molecule has 0 bridgehead atoms. The van der Waals surface area contributed by atoms with Gasteiger partial charge in [0.2, 0.25) is 5.91 Å². The number of anilines is 2. The fourth-order valence-corrected chi connectivity index (χ4v) is 6.38. The first-order valence-corrected chi connectivity index (χ1v) is 17.9. The fourth-order valence-electron chi connectivity index (χ4n) is 6.38. The summed E-state index contributed by atoms with van der Waals surface area (Å²) in [6.07, 6.45) is 8.07. The van der Waals surface area contributed by atoms with Gasteiger partial charge in [0.15, 0.2) is 0 Å². The molecule has 12 nitrogen and oxygen atoms in total. The van der Waals surface area contributed by atoms with Crippen LogP contribution >= 0.6 is 0 Å². The van der Waals surface area contributed by atoms with Crippen molar-refractivity contribution in [2.24, 2.45) is 0 Å². The number of hydrogen-bond acceptors (Lipinski definition) is 9. The second kappa shape index (κ2) is 17.9. The molecule has 0 aliphatic heterocycles. The van der Waals surface area contributed by atoms with Gasteiger partial charge in [0.25, 0.3) is 5.91 Å². The van der Waals surface area contributed by atoms with Gasteiger partial charge in [-0.15, -0.1) is 0 Å². The first-order chi connectivity index (χ1) is 26.6. The molecule has 0 spiro atoms. The van der Waals surface area contributed by atoms with Crippen molar-refractivity contribution in [1.82, 2.24) is 25.5 Å². The molecule has 0 unspecified atom stereocenters. The summed E-state index contributed by atoms with van der Waals surface area (Å²) in [5, 5.41) is 17.3. The molecule has 288 valence electrons. The van der Waals surface area contributed by atoms with Crippen LogP contribution in [-0.2, 0) is 22.3 Å². The maximum absolute atomic E-state index is 13.2. The van der Waals surface area contributed by atoms with Crippen molar-refractivity contribution in [3.63, 3.8) is 0 Å². The highest BCUT2D eigenvalue weighted by Crippen LogP contribution is 2.35. The quantitative estimate of drug-likeness (QED) is 0.0785. The molecular weight excluding hydrogens is 715 g/mol. The Kier molecular flexibility index (Phi) is 12.6. The number of carbonyl (C=O) groups is 2. The van der Waals surface area contributed by atoms with Crippen LogP contribution < -0.4 is 25.4 Å². The molecule has 2 amide bonds. The van der Waals surface area contributed by atoms with Crippen molar-refractivity contribution in [3.05, 3.63) is 95.3 Å². The Labute approximate surface area is 315 Å². The minimum atomic E-state index is -4.57. The monoisotopic (exact) mass is 757 g/mol. The van der Waals surface area contributed by atoms with E-state index >= 15 is 0 Å².